The fourth-order valence-corrected chi connectivity index (χ4v) is 4.00. The van der Waals surface area contributed by atoms with Crippen LogP contribution in [0.15, 0.2) is 102 Å². The van der Waals surface area contributed by atoms with Gasteiger partial charge in [-0.2, -0.15) is 0 Å². The van der Waals surface area contributed by atoms with Crippen LogP contribution in [0.5, 0.6) is 0 Å². The van der Waals surface area contributed by atoms with Gasteiger partial charge in [0.1, 0.15) is 15.3 Å². The summed E-state index contributed by atoms with van der Waals surface area (Å²) in [5, 5.41) is 0.557. The van der Waals surface area contributed by atoms with E-state index in [1.54, 1.807) is 6.33 Å². The van der Waals surface area contributed by atoms with Crippen molar-refractivity contribution >= 4 is 27.5 Å². The second kappa shape index (κ2) is 7.10. The van der Waals surface area contributed by atoms with Crippen molar-refractivity contribution in [1.29, 1.82) is 0 Å². The van der Waals surface area contributed by atoms with E-state index in [1.165, 1.54) is 0 Å². The molecule has 0 atom stereocenters. The molecule has 0 aliphatic heterocycles. The van der Waals surface area contributed by atoms with Crippen LogP contribution in [-0.4, -0.2) is 9.55 Å². The van der Waals surface area contributed by atoms with Crippen molar-refractivity contribution in [1.82, 2.24) is 9.55 Å². The summed E-state index contributed by atoms with van der Waals surface area (Å²) in [6.45, 7) is 0. The Hall–Kier alpha value is -2.36. The minimum absolute atomic E-state index is 0.557. The molecule has 0 fully saturated rings. The SMILES string of the molecule is Clc1c(Br)ncn1C(c1ccccc1)(c1ccccc1)c1ccccc1. The number of aromatic nitrogens is 2. The molecule has 4 heteroatoms. The molecular formula is C22H16BrClN2. The molecule has 26 heavy (non-hydrogen) atoms. The highest BCUT2D eigenvalue weighted by Crippen LogP contribution is 2.43. The molecule has 2 nitrogen and oxygen atoms in total. The van der Waals surface area contributed by atoms with Crippen LogP contribution >= 0.6 is 27.5 Å². The van der Waals surface area contributed by atoms with Crippen LogP contribution in [0.4, 0.5) is 0 Å². The summed E-state index contributed by atoms with van der Waals surface area (Å²) in [4.78, 5) is 4.41. The zero-order valence-electron chi connectivity index (χ0n) is 13.9. The lowest BCUT2D eigenvalue weighted by molar-refractivity contribution is 0.515. The van der Waals surface area contributed by atoms with E-state index in [0.29, 0.717) is 9.76 Å². The summed E-state index contributed by atoms with van der Waals surface area (Å²) in [5.41, 5.74) is 2.72. The molecule has 0 aliphatic carbocycles. The number of imidazole rings is 1. The van der Waals surface area contributed by atoms with Gasteiger partial charge in [-0.15, -0.1) is 0 Å². The largest absolute Gasteiger partial charge is 0.302 e. The molecule has 0 bridgehead atoms. The zero-order valence-corrected chi connectivity index (χ0v) is 16.2. The molecule has 128 valence electrons. The average molecular weight is 424 g/mol. The van der Waals surface area contributed by atoms with Gasteiger partial charge in [0.05, 0.1) is 6.33 Å². The van der Waals surface area contributed by atoms with E-state index in [1.807, 2.05) is 22.8 Å². The van der Waals surface area contributed by atoms with Crippen LogP contribution in [0.25, 0.3) is 0 Å². The fourth-order valence-electron chi connectivity index (χ4n) is 3.50. The Morgan fingerprint density at radius 2 is 1.08 bits per heavy atom. The second-order valence-electron chi connectivity index (χ2n) is 6.00. The topological polar surface area (TPSA) is 17.8 Å². The first-order valence-electron chi connectivity index (χ1n) is 8.30. The molecule has 0 radical (unpaired) electrons. The van der Waals surface area contributed by atoms with E-state index in [9.17, 15) is 0 Å². The number of hydrogen-bond acceptors (Lipinski definition) is 1. The molecule has 1 aromatic heterocycles. The summed E-state index contributed by atoms with van der Waals surface area (Å²) in [6, 6.07) is 31.2. The van der Waals surface area contributed by atoms with Crippen LogP contribution in [0, 0.1) is 0 Å². The summed E-state index contributed by atoms with van der Waals surface area (Å²) in [6.07, 6.45) is 1.79. The Morgan fingerprint density at radius 1 is 0.692 bits per heavy atom. The van der Waals surface area contributed by atoms with Gasteiger partial charge in [-0.25, -0.2) is 4.98 Å². The van der Waals surface area contributed by atoms with E-state index < -0.39 is 5.54 Å². The Morgan fingerprint density at radius 3 is 1.38 bits per heavy atom. The number of benzene rings is 3. The number of hydrogen-bond donors (Lipinski definition) is 0. The van der Waals surface area contributed by atoms with Crippen molar-refractivity contribution in [2.45, 2.75) is 5.54 Å². The highest BCUT2D eigenvalue weighted by Gasteiger charge is 2.39. The van der Waals surface area contributed by atoms with Crippen LogP contribution in [0.2, 0.25) is 5.15 Å². The fraction of sp³-hybridized carbons (Fsp3) is 0.0455. The molecule has 0 aliphatic rings. The zero-order chi connectivity index (χ0) is 18.0. The Bertz CT molecular complexity index is 902. The van der Waals surface area contributed by atoms with Crippen molar-refractivity contribution < 1.29 is 0 Å². The van der Waals surface area contributed by atoms with E-state index in [0.717, 1.165) is 16.7 Å². The highest BCUT2D eigenvalue weighted by molar-refractivity contribution is 9.10. The van der Waals surface area contributed by atoms with Crippen molar-refractivity contribution in [3.63, 3.8) is 0 Å². The number of halogens is 2. The summed E-state index contributed by atoms with van der Waals surface area (Å²) in [7, 11) is 0. The lowest BCUT2D eigenvalue weighted by Gasteiger charge is -2.37. The normalized spacial score (nSPS) is 11.5. The molecule has 0 saturated carbocycles. The van der Waals surface area contributed by atoms with E-state index in [4.69, 9.17) is 11.6 Å². The Labute approximate surface area is 166 Å². The van der Waals surface area contributed by atoms with Gasteiger partial charge < -0.3 is 4.57 Å². The van der Waals surface area contributed by atoms with Gasteiger partial charge in [0, 0.05) is 0 Å². The molecule has 0 unspecified atom stereocenters. The maximum absolute atomic E-state index is 6.70. The van der Waals surface area contributed by atoms with Gasteiger partial charge in [-0.05, 0) is 32.6 Å². The van der Waals surface area contributed by atoms with Crippen molar-refractivity contribution in [3.8, 4) is 0 Å². The molecule has 0 amide bonds. The van der Waals surface area contributed by atoms with E-state index >= 15 is 0 Å². The first kappa shape index (κ1) is 17.1. The predicted molar refractivity (Wildman–Crippen MR) is 110 cm³/mol. The average Bonchev–Trinajstić information content (AvgIpc) is 3.04. The van der Waals surface area contributed by atoms with Gasteiger partial charge in [0.15, 0.2) is 0 Å². The highest BCUT2D eigenvalue weighted by atomic mass is 79.9. The minimum atomic E-state index is -0.625. The molecule has 1 heterocycles. The van der Waals surface area contributed by atoms with Crippen LogP contribution in [-0.2, 0) is 5.54 Å². The molecular weight excluding hydrogens is 408 g/mol. The van der Waals surface area contributed by atoms with Crippen LogP contribution < -0.4 is 0 Å². The van der Waals surface area contributed by atoms with E-state index in [-0.39, 0.29) is 0 Å². The van der Waals surface area contributed by atoms with Gasteiger partial charge in [0.2, 0.25) is 0 Å². The number of rotatable bonds is 4. The first-order valence-corrected chi connectivity index (χ1v) is 9.47. The lowest BCUT2D eigenvalue weighted by atomic mass is 9.77. The van der Waals surface area contributed by atoms with Crippen LogP contribution in [0.3, 0.4) is 0 Å². The summed E-state index contributed by atoms with van der Waals surface area (Å²) >= 11 is 10.2. The quantitative estimate of drug-likeness (QED) is 0.361. The molecule has 3 aromatic carbocycles. The smallest absolute Gasteiger partial charge is 0.144 e. The maximum atomic E-state index is 6.70. The molecule has 4 aromatic rings. The predicted octanol–water partition coefficient (Wildman–Crippen LogP) is 6.14. The maximum Gasteiger partial charge on any atom is 0.144 e. The van der Waals surface area contributed by atoms with Crippen LogP contribution in [0.1, 0.15) is 16.7 Å². The number of nitrogens with zero attached hydrogens (tertiary/aromatic N) is 2. The van der Waals surface area contributed by atoms with Gasteiger partial charge in [0.25, 0.3) is 0 Å². The van der Waals surface area contributed by atoms with Crippen molar-refractivity contribution in [3.05, 3.63) is 124 Å². The third-order valence-electron chi connectivity index (χ3n) is 4.60. The molecule has 0 N–H and O–H groups in total. The van der Waals surface area contributed by atoms with Gasteiger partial charge >= 0.3 is 0 Å². The van der Waals surface area contributed by atoms with Gasteiger partial charge in [-0.1, -0.05) is 103 Å². The third kappa shape index (κ3) is 2.68. The molecule has 0 spiro atoms. The molecule has 0 saturated heterocycles. The van der Waals surface area contributed by atoms with Crippen molar-refractivity contribution in [2.24, 2.45) is 0 Å². The van der Waals surface area contributed by atoms with Crippen molar-refractivity contribution in [2.75, 3.05) is 0 Å². The van der Waals surface area contributed by atoms with Gasteiger partial charge in [-0.3, -0.25) is 0 Å². The molecule has 4 rings (SSSR count). The lowest BCUT2D eigenvalue weighted by Crippen LogP contribution is -2.37. The summed E-state index contributed by atoms with van der Waals surface area (Å²) in [5.74, 6) is 0. The Balaban J connectivity index is 2.16. The summed E-state index contributed by atoms with van der Waals surface area (Å²) < 4.78 is 2.66. The standard InChI is InChI=1S/C22H16BrClN2/c23-20-21(24)26(16-25-20)22(17-10-4-1-5-11-17,18-12-6-2-7-13-18)19-14-8-3-9-15-19/h1-16H. The van der Waals surface area contributed by atoms with E-state index in [2.05, 4.69) is 93.7 Å². The first-order chi connectivity index (χ1) is 12.7. The Kier molecular flexibility index (Phi) is 4.66. The second-order valence-corrected chi connectivity index (χ2v) is 7.11. The monoisotopic (exact) mass is 422 g/mol. The third-order valence-corrected chi connectivity index (χ3v) is 5.77. The minimum Gasteiger partial charge on any atom is -0.302 e.